The van der Waals surface area contributed by atoms with E-state index in [0.717, 1.165) is 24.8 Å². The maximum atomic E-state index is 12.3. The van der Waals surface area contributed by atoms with E-state index >= 15 is 0 Å². The van der Waals surface area contributed by atoms with Crippen molar-refractivity contribution in [3.63, 3.8) is 0 Å². The number of hydrogen-bond donors (Lipinski definition) is 2. The quantitative estimate of drug-likeness (QED) is 0.843. The minimum Gasteiger partial charge on any atom is -0.393 e. The van der Waals surface area contributed by atoms with Gasteiger partial charge in [0.05, 0.1) is 4.99 Å². The minimum atomic E-state index is -0.104. The molecule has 0 aliphatic heterocycles. The SMILES string of the molecule is Cc1c(Cl)cccc1C(=O)NC1CCCC1C(N)=S. The number of nitrogens with two attached hydrogens (primary N) is 1. The van der Waals surface area contributed by atoms with E-state index in [-0.39, 0.29) is 17.9 Å². The van der Waals surface area contributed by atoms with Crippen LogP contribution in [0.2, 0.25) is 5.02 Å². The third kappa shape index (κ3) is 3.07. The van der Waals surface area contributed by atoms with Gasteiger partial charge < -0.3 is 11.1 Å². The lowest BCUT2D eigenvalue weighted by Crippen LogP contribution is -2.41. The van der Waals surface area contributed by atoms with Crippen LogP contribution in [0, 0.1) is 12.8 Å². The van der Waals surface area contributed by atoms with Gasteiger partial charge in [0.2, 0.25) is 0 Å². The number of thiocarbonyl (C=S) groups is 1. The number of rotatable bonds is 3. The first-order valence-corrected chi connectivity index (χ1v) is 7.14. The summed E-state index contributed by atoms with van der Waals surface area (Å²) in [4.78, 5) is 12.8. The Hall–Kier alpha value is -1.13. The van der Waals surface area contributed by atoms with Gasteiger partial charge in [-0.05, 0) is 37.5 Å². The lowest BCUT2D eigenvalue weighted by atomic mass is 10.0. The molecule has 2 rings (SSSR count). The number of hydrogen-bond acceptors (Lipinski definition) is 2. The summed E-state index contributed by atoms with van der Waals surface area (Å²) in [6, 6.07) is 5.38. The van der Waals surface area contributed by atoms with E-state index in [0.29, 0.717) is 15.6 Å². The number of carbonyl (C=O) groups excluding carboxylic acids is 1. The normalized spacial score (nSPS) is 22.2. The molecule has 1 aromatic rings. The number of amides is 1. The average molecular weight is 297 g/mol. The maximum absolute atomic E-state index is 12.3. The molecule has 102 valence electrons. The highest BCUT2D eigenvalue weighted by Gasteiger charge is 2.30. The summed E-state index contributed by atoms with van der Waals surface area (Å²) in [5, 5.41) is 3.63. The van der Waals surface area contributed by atoms with Crippen LogP contribution < -0.4 is 11.1 Å². The summed E-state index contributed by atoms with van der Waals surface area (Å²) in [6.07, 6.45) is 2.92. The van der Waals surface area contributed by atoms with Crippen LogP contribution in [-0.4, -0.2) is 16.9 Å². The molecular formula is C14H17ClN2OS. The molecule has 0 bridgehead atoms. The predicted molar refractivity (Wildman–Crippen MR) is 81.6 cm³/mol. The molecule has 0 radical (unpaired) electrons. The van der Waals surface area contributed by atoms with Crippen molar-refractivity contribution in [2.75, 3.05) is 0 Å². The van der Waals surface area contributed by atoms with E-state index in [2.05, 4.69) is 5.32 Å². The van der Waals surface area contributed by atoms with E-state index < -0.39 is 0 Å². The highest BCUT2D eigenvalue weighted by atomic mass is 35.5. The molecule has 2 unspecified atom stereocenters. The molecule has 0 spiro atoms. The van der Waals surface area contributed by atoms with E-state index in [4.69, 9.17) is 29.6 Å². The summed E-state index contributed by atoms with van der Waals surface area (Å²) in [6.45, 7) is 1.84. The molecule has 1 aliphatic carbocycles. The molecular weight excluding hydrogens is 280 g/mol. The summed E-state index contributed by atoms with van der Waals surface area (Å²) < 4.78 is 0. The van der Waals surface area contributed by atoms with E-state index in [1.807, 2.05) is 6.92 Å². The Morgan fingerprint density at radius 2 is 2.21 bits per heavy atom. The zero-order valence-corrected chi connectivity index (χ0v) is 12.4. The van der Waals surface area contributed by atoms with Crippen molar-refractivity contribution in [2.45, 2.75) is 32.2 Å². The van der Waals surface area contributed by atoms with Crippen LogP contribution in [0.1, 0.15) is 35.2 Å². The Morgan fingerprint density at radius 3 is 2.89 bits per heavy atom. The fraction of sp³-hybridized carbons (Fsp3) is 0.429. The zero-order chi connectivity index (χ0) is 14.0. The second kappa shape index (κ2) is 5.88. The smallest absolute Gasteiger partial charge is 0.251 e. The van der Waals surface area contributed by atoms with Crippen LogP contribution in [0.4, 0.5) is 0 Å². The van der Waals surface area contributed by atoms with Gasteiger partial charge in [0.15, 0.2) is 0 Å². The van der Waals surface area contributed by atoms with Gasteiger partial charge in [-0.3, -0.25) is 4.79 Å². The predicted octanol–water partition coefficient (Wildman–Crippen LogP) is 2.83. The lowest BCUT2D eigenvalue weighted by molar-refractivity contribution is 0.0933. The largest absolute Gasteiger partial charge is 0.393 e. The Morgan fingerprint density at radius 1 is 1.47 bits per heavy atom. The van der Waals surface area contributed by atoms with E-state index in [9.17, 15) is 4.79 Å². The van der Waals surface area contributed by atoms with Crippen LogP contribution in [-0.2, 0) is 0 Å². The van der Waals surface area contributed by atoms with Crippen molar-refractivity contribution in [1.82, 2.24) is 5.32 Å². The second-order valence-corrected chi connectivity index (χ2v) is 5.81. The molecule has 3 nitrogen and oxygen atoms in total. The number of carbonyl (C=O) groups is 1. The van der Waals surface area contributed by atoms with Gasteiger partial charge in [0, 0.05) is 22.5 Å². The van der Waals surface area contributed by atoms with Gasteiger partial charge in [-0.2, -0.15) is 0 Å². The van der Waals surface area contributed by atoms with E-state index in [1.54, 1.807) is 18.2 Å². The van der Waals surface area contributed by atoms with Gasteiger partial charge in [-0.15, -0.1) is 0 Å². The highest BCUT2D eigenvalue weighted by molar-refractivity contribution is 7.80. The van der Waals surface area contributed by atoms with Crippen molar-refractivity contribution in [2.24, 2.45) is 11.7 Å². The van der Waals surface area contributed by atoms with Gasteiger partial charge >= 0.3 is 0 Å². The topological polar surface area (TPSA) is 55.1 Å². The molecule has 0 heterocycles. The van der Waals surface area contributed by atoms with Crippen LogP contribution in [0.3, 0.4) is 0 Å². The number of nitrogens with one attached hydrogen (secondary N) is 1. The standard InChI is InChI=1S/C14H17ClN2OS/c1-8-9(4-2-6-11(8)15)14(18)17-12-7-3-5-10(12)13(16)19/h2,4,6,10,12H,3,5,7H2,1H3,(H2,16,19)(H,17,18). The third-order valence-electron chi connectivity index (χ3n) is 3.71. The molecule has 0 aromatic heterocycles. The van der Waals surface area contributed by atoms with Crippen molar-refractivity contribution in [3.8, 4) is 0 Å². The summed E-state index contributed by atoms with van der Waals surface area (Å²) >= 11 is 11.1. The van der Waals surface area contributed by atoms with Gasteiger partial charge in [0.25, 0.3) is 5.91 Å². The van der Waals surface area contributed by atoms with E-state index in [1.165, 1.54) is 0 Å². The van der Waals surface area contributed by atoms with Gasteiger partial charge in [-0.1, -0.05) is 36.3 Å². The Balaban J connectivity index is 2.13. The fourth-order valence-corrected chi connectivity index (χ4v) is 3.03. The van der Waals surface area contributed by atoms with Crippen LogP contribution in [0.5, 0.6) is 0 Å². The molecule has 5 heteroatoms. The molecule has 1 saturated carbocycles. The van der Waals surface area contributed by atoms with Crippen LogP contribution >= 0.6 is 23.8 Å². The fourth-order valence-electron chi connectivity index (χ4n) is 2.57. The Labute approximate surface area is 123 Å². The first-order chi connectivity index (χ1) is 9.00. The Kier molecular flexibility index (Phi) is 4.42. The molecule has 1 aromatic carbocycles. The molecule has 0 saturated heterocycles. The van der Waals surface area contributed by atoms with Crippen molar-refractivity contribution >= 4 is 34.7 Å². The monoisotopic (exact) mass is 296 g/mol. The minimum absolute atomic E-state index is 0.0448. The van der Waals surface area contributed by atoms with Crippen molar-refractivity contribution < 1.29 is 4.79 Å². The van der Waals surface area contributed by atoms with Crippen LogP contribution in [0.25, 0.3) is 0 Å². The van der Waals surface area contributed by atoms with Gasteiger partial charge in [0.1, 0.15) is 0 Å². The number of benzene rings is 1. The van der Waals surface area contributed by atoms with Crippen LogP contribution in [0.15, 0.2) is 18.2 Å². The highest BCUT2D eigenvalue weighted by Crippen LogP contribution is 2.27. The first kappa shape index (κ1) is 14.3. The van der Waals surface area contributed by atoms with Gasteiger partial charge in [-0.25, -0.2) is 0 Å². The summed E-state index contributed by atoms with van der Waals surface area (Å²) in [5.41, 5.74) is 7.13. The summed E-state index contributed by atoms with van der Waals surface area (Å²) in [7, 11) is 0. The third-order valence-corrected chi connectivity index (χ3v) is 4.42. The number of halogens is 1. The van der Waals surface area contributed by atoms with Crippen molar-refractivity contribution in [3.05, 3.63) is 34.3 Å². The Bertz CT molecular complexity index is 518. The average Bonchev–Trinajstić information content (AvgIpc) is 2.80. The lowest BCUT2D eigenvalue weighted by Gasteiger charge is -2.20. The molecule has 2 atom stereocenters. The molecule has 1 fully saturated rings. The molecule has 1 amide bonds. The molecule has 1 aliphatic rings. The van der Waals surface area contributed by atoms with Crippen molar-refractivity contribution in [1.29, 1.82) is 0 Å². The molecule has 19 heavy (non-hydrogen) atoms. The summed E-state index contributed by atoms with van der Waals surface area (Å²) in [5.74, 6) is 0.00610. The molecule has 3 N–H and O–H groups in total. The first-order valence-electron chi connectivity index (χ1n) is 6.36. The zero-order valence-electron chi connectivity index (χ0n) is 10.8. The second-order valence-electron chi connectivity index (χ2n) is 4.93. The maximum Gasteiger partial charge on any atom is 0.251 e.